The van der Waals surface area contributed by atoms with Gasteiger partial charge in [0.2, 0.25) is 0 Å². The number of hydrogen-bond acceptors (Lipinski definition) is 4. The van der Waals surface area contributed by atoms with Crippen LogP contribution in [0.2, 0.25) is 0 Å². The maximum absolute atomic E-state index is 13.7. The molecule has 0 N–H and O–H groups in total. The zero-order valence-electron chi connectivity index (χ0n) is 8.08. The molecule has 15 heavy (non-hydrogen) atoms. The highest BCUT2D eigenvalue weighted by molar-refractivity contribution is 9.10. The van der Waals surface area contributed by atoms with Crippen molar-refractivity contribution < 1.29 is 4.39 Å². The standard InChI is InChI=1S/C9H7BrFN3S/c1-4-8(15-5(2)14-4)7-6(11)9(10)13-3-12-7/h3H,1-2H3. The van der Waals surface area contributed by atoms with E-state index in [0.29, 0.717) is 5.69 Å². The molecule has 0 aliphatic heterocycles. The predicted molar refractivity (Wildman–Crippen MR) is 60.3 cm³/mol. The molecule has 0 radical (unpaired) electrons. The summed E-state index contributed by atoms with van der Waals surface area (Å²) in [7, 11) is 0. The predicted octanol–water partition coefficient (Wildman–Crippen LogP) is 3.12. The highest BCUT2D eigenvalue weighted by Gasteiger charge is 2.15. The molecule has 0 saturated heterocycles. The first-order chi connectivity index (χ1) is 7.09. The van der Waals surface area contributed by atoms with Gasteiger partial charge in [-0.1, -0.05) is 0 Å². The maximum atomic E-state index is 13.7. The van der Waals surface area contributed by atoms with Gasteiger partial charge in [0.25, 0.3) is 0 Å². The van der Waals surface area contributed by atoms with E-state index in [4.69, 9.17) is 0 Å². The van der Waals surface area contributed by atoms with Gasteiger partial charge in [-0.25, -0.2) is 19.3 Å². The van der Waals surface area contributed by atoms with E-state index in [9.17, 15) is 4.39 Å². The molecule has 0 amide bonds. The quantitative estimate of drug-likeness (QED) is 0.757. The minimum atomic E-state index is -0.441. The van der Waals surface area contributed by atoms with Crippen molar-refractivity contribution in [3.63, 3.8) is 0 Å². The maximum Gasteiger partial charge on any atom is 0.183 e. The summed E-state index contributed by atoms with van der Waals surface area (Å²) in [5.74, 6) is -0.441. The molecule has 0 spiro atoms. The lowest BCUT2D eigenvalue weighted by molar-refractivity contribution is 0.609. The van der Waals surface area contributed by atoms with E-state index >= 15 is 0 Å². The molecule has 6 heteroatoms. The lowest BCUT2D eigenvalue weighted by atomic mass is 10.3. The molecule has 0 unspecified atom stereocenters. The molecule has 0 aliphatic carbocycles. The summed E-state index contributed by atoms with van der Waals surface area (Å²) in [6.07, 6.45) is 1.33. The molecular weight excluding hydrogens is 281 g/mol. The molecule has 0 atom stereocenters. The molecule has 0 fully saturated rings. The van der Waals surface area contributed by atoms with Crippen LogP contribution in [0.3, 0.4) is 0 Å². The van der Waals surface area contributed by atoms with Crippen LogP contribution >= 0.6 is 27.3 Å². The minimum absolute atomic E-state index is 0.179. The Labute approximate surface area is 98.6 Å². The Morgan fingerprint density at radius 1 is 1.33 bits per heavy atom. The van der Waals surface area contributed by atoms with Crippen LogP contribution in [0.1, 0.15) is 10.7 Å². The molecule has 0 aliphatic rings. The van der Waals surface area contributed by atoms with Crippen molar-refractivity contribution >= 4 is 27.3 Å². The van der Waals surface area contributed by atoms with Gasteiger partial charge in [0.15, 0.2) is 5.82 Å². The van der Waals surface area contributed by atoms with Crippen LogP contribution in [-0.2, 0) is 0 Å². The van der Waals surface area contributed by atoms with Crippen molar-refractivity contribution in [3.8, 4) is 10.6 Å². The largest absolute Gasteiger partial charge is 0.246 e. The summed E-state index contributed by atoms with van der Waals surface area (Å²) in [5, 5.41) is 0.900. The van der Waals surface area contributed by atoms with Crippen molar-refractivity contribution in [1.29, 1.82) is 0 Å². The number of aryl methyl sites for hydroxylation is 2. The van der Waals surface area contributed by atoms with E-state index in [1.807, 2.05) is 13.8 Å². The molecule has 2 aromatic heterocycles. The third kappa shape index (κ3) is 1.91. The summed E-state index contributed by atoms with van der Waals surface area (Å²) in [6, 6.07) is 0. The van der Waals surface area contributed by atoms with Gasteiger partial charge in [-0.2, -0.15) is 0 Å². The van der Waals surface area contributed by atoms with E-state index in [1.165, 1.54) is 17.7 Å². The lowest BCUT2D eigenvalue weighted by Gasteiger charge is -2.00. The van der Waals surface area contributed by atoms with Gasteiger partial charge in [0.1, 0.15) is 16.6 Å². The van der Waals surface area contributed by atoms with Crippen molar-refractivity contribution in [2.45, 2.75) is 13.8 Å². The Kier molecular flexibility index (Phi) is 2.79. The zero-order valence-corrected chi connectivity index (χ0v) is 10.5. The van der Waals surface area contributed by atoms with E-state index in [-0.39, 0.29) is 4.60 Å². The van der Waals surface area contributed by atoms with Gasteiger partial charge in [-0.05, 0) is 29.8 Å². The molecule has 0 bridgehead atoms. The van der Waals surface area contributed by atoms with Crippen LogP contribution in [0.25, 0.3) is 10.6 Å². The Morgan fingerprint density at radius 2 is 2.07 bits per heavy atom. The van der Waals surface area contributed by atoms with Gasteiger partial charge >= 0.3 is 0 Å². The summed E-state index contributed by atoms with van der Waals surface area (Å²) < 4.78 is 13.9. The number of hydrogen-bond donors (Lipinski definition) is 0. The molecule has 78 valence electrons. The fourth-order valence-electron chi connectivity index (χ4n) is 1.26. The van der Waals surface area contributed by atoms with Crippen molar-refractivity contribution in [3.05, 3.63) is 27.4 Å². The number of nitrogens with zero attached hydrogens (tertiary/aromatic N) is 3. The number of rotatable bonds is 1. The fraction of sp³-hybridized carbons (Fsp3) is 0.222. The summed E-state index contributed by atoms with van der Waals surface area (Å²) in [6.45, 7) is 3.73. The SMILES string of the molecule is Cc1nc(C)c(-c2ncnc(Br)c2F)s1. The molecule has 2 aromatic rings. The highest BCUT2D eigenvalue weighted by atomic mass is 79.9. The van der Waals surface area contributed by atoms with Crippen LogP contribution in [0.15, 0.2) is 10.9 Å². The fourth-order valence-corrected chi connectivity index (χ4v) is 2.45. The smallest absolute Gasteiger partial charge is 0.183 e. The second kappa shape index (κ2) is 3.94. The number of aromatic nitrogens is 3. The van der Waals surface area contributed by atoms with Gasteiger partial charge in [-0.15, -0.1) is 11.3 Å². The van der Waals surface area contributed by atoms with Gasteiger partial charge in [0, 0.05) is 0 Å². The normalized spacial score (nSPS) is 10.7. The lowest BCUT2D eigenvalue weighted by Crippen LogP contribution is -1.92. The third-order valence-corrected chi connectivity index (χ3v) is 3.50. The number of thiazole rings is 1. The Balaban J connectivity index is 2.64. The molecule has 3 nitrogen and oxygen atoms in total. The van der Waals surface area contributed by atoms with E-state index in [0.717, 1.165) is 15.6 Å². The number of halogens is 2. The highest BCUT2D eigenvalue weighted by Crippen LogP contribution is 2.31. The van der Waals surface area contributed by atoms with Crippen LogP contribution in [0.4, 0.5) is 4.39 Å². The molecular formula is C9H7BrFN3S. The van der Waals surface area contributed by atoms with Crippen molar-refractivity contribution in [2.75, 3.05) is 0 Å². The molecule has 2 heterocycles. The monoisotopic (exact) mass is 287 g/mol. The average Bonchev–Trinajstić information content (AvgIpc) is 2.50. The first kappa shape index (κ1) is 10.6. The second-order valence-electron chi connectivity index (χ2n) is 2.97. The molecule has 2 rings (SSSR count). The Hall–Kier alpha value is -0.880. The van der Waals surface area contributed by atoms with Gasteiger partial charge in [0.05, 0.1) is 15.6 Å². The second-order valence-corrected chi connectivity index (χ2v) is 4.93. The van der Waals surface area contributed by atoms with Crippen LogP contribution < -0.4 is 0 Å². The molecule has 0 saturated carbocycles. The molecule has 0 aromatic carbocycles. The average molecular weight is 288 g/mol. The Morgan fingerprint density at radius 3 is 2.67 bits per heavy atom. The first-order valence-electron chi connectivity index (χ1n) is 4.20. The van der Waals surface area contributed by atoms with Crippen molar-refractivity contribution in [1.82, 2.24) is 15.0 Å². The summed E-state index contributed by atoms with van der Waals surface area (Å²) in [5.41, 5.74) is 1.10. The zero-order chi connectivity index (χ0) is 11.0. The summed E-state index contributed by atoms with van der Waals surface area (Å²) >= 11 is 4.46. The summed E-state index contributed by atoms with van der Waals surface area (Å²) in [4.78, 5) is 12.6. The van der Waals surface area contributed by atoms with Gasteiger partial charge in [-0.3, -0.25) is 0 Å². The van der Waals surface area contributed by atoms with Crippen LogP contribution in [-0.4, -0.2) is 15.0 Å². The van der Waals surface area contributed by atoms with Gasteiger partial charge < -0.3 is 0 Å². The third-order valence-electron chi connectivity index (χ3n) is 1.87. The van der Waals surface area contributed by atoms with E-state index < -0.39 is 5.82 Å². The van der Waals surface area contributed by atoms with Crippen LogP contribution in [0.5, 0.6) is 0 Å². The van der Waals surface area contributed by atoms with Crippen molar-refractivity contribution in [2.24, 2.45) is 0 Å². The van der Waals surface area contributed by atoms with E-state index in [1.54, 1.807) is 0 Å². The topological polar surface area (TPSA) is 38.7 Å². The van der Waals surface area contributed by atoms with E-state index in [2.05, 4.69) is 30.9 Å². The van der Waals surface area contributed by atoms with Crippen LogP contribution in [0, 0.1) is 19.7 Å². The Bertz CT molecular complexity index is 512. The minimum Gasteiger partial charge on any atom is -0.246 e. The first-order valence-corrected chi connectivity index (χ1v) is 5.81.